The summed E-state index contributed by atoms with van der Waals surface area (Å²) in [5.74, 6) is 1.97. The Morgan fingerprint density at radius 2 is 2.33 bits per heavy atom. The number of pyridine rings is 1. The minimum absolute atomic E-state index is 0.911. The molecule has 0 aliphatic carbocycles. The Labute approximate surface area is 111 Å². The van der Waals surface area contributed by atoms with Crippen molar-refractivity contribution in [3.8, 4) is 0 Å². The third-order valence-electron chi connectivity index (χ3n) is 3.70. The number of nitrogens with one attached hydrogen (secondary N) is 1. The van der Waals surface area contributed by atoms with E-state index in [2.05, 4.69) is 35.1 Å². The van der Waals surface area contributed by atoms with Crippen molar-refractivity contribution in [2.45, 2.75) is 39.7 Å². The second-order valence-corrected chi connectivity index (χ2v) is 5.22. The molecule has 1 aromatic rings. The second kappa shape index (κ2) is 6.74. The molecule has 1 aromatic heterocycles. The summed E-state index contributed by atoms with van der Waals surface area (Å²) < 4.78 is 0. The number of hydrogen-bond acceptors (Lipinski definition) is 3. The van der Waals surface area contributed by atoms with E-state index in [-0.39, 0.29) is 0 Å². The Hall–Kier alpha value is -1.09. The van der Waals surface area contributed by atoms with Crippen LogP contribution in [0, 0.1) is 5.92 Å². The minimum atomic E-state index is 0.911. The van der Waals surface area contributed by atoms with Crippen molar-refractivity contribution < 1.29 is 0 Å². The zero-order chi connectivity index (χ0) is 12.8. The van der Waals surface area contributed by atoms with Crippen molar-refractivity contribution >= 4 is 5.82 Å². The zero-order valence-corrected chi connectivity index (χ0v) is 11.7. The second-order valence-electron chi connectivity index (χ2n) is 5.22. The number of aromatic nitrogens is 1. The number of likely N-dealkylation sites (tertiary alicyclic amines) is 1. The molecule has 1 aliphatic heterocycles. The highest BCUT2D eigenvalue weighted by Crippen LogP contribution is 2.24. The van der Waals surface area contributed by atoms with Crippen molar-refractivity contribution in [2.75, 3.05) is 25.0 Å². The van der Waals surface area contributed by atoms with Crippen LogP contribution in [0.2, 0.25) is 0 Å². The number of nitrogens with zero attached hydrogens (tertiary/aromatic N) is 2. The summed E-state index contributed by atoms with van der Waals surface area (Å²) >= 11 is 0. The van der Waals surface area contributed by atoms with Crippen LogP contribution in [0.15, 0.2) is 18.3 Å². The SMILES string of the molecule is CCCC1CCN(Cc2cccnc2NCC)C1. The molecule has 0 radical (unpaired) electrons. The predicted octanol–water partition coefficient (Wildman–Crippen LogP) is 3.14. The van der Waals surface area contributed by atoms with E-state index >= 15 is 0 Å². The molecule has 1 atom stereocenters. The molecular formula is C15H25N3. The Kier molecular flexibility index (Phi) is 5.00. The molecule has 0 saturated carbocycles. The van der Waals surface area contributed by atoms with Gasteiger partial charge in [-0.05, 0) is 38.3 Å². The quantitative estimate of drug-likeness (QED) is 0.837. The monoisotopic (exact) mass is 247 g/mol. The van der Waals surface area contributed by atoms with Crippen LogP contribution in [0.5, 0.6) is 0 Å². The fraction of sp³-hybridized carbons (Fsp3) is 0.667. The average Bonchev–Trinajstić information content (AvgIpc) is 2.80. The van der Waals surface area contributed by atoms with Gasteiger partial charge in [-0.1, -0.05) is 19.4 Å². The van der Waals surface area contributed by atoms with Gasteiger partial charge in [0.05, 0.1) is 0 Å². The smallest absolute Gasteiger partial charge is 0.130 e. The molecule has 0 amide bonds. The Bertz CT molecular complexity index is 365. The van der Waals surface area contributed by atoms with Gasteiger partial charge in [0, 0.05) is 31.4 Å². The highest BCUT2D eigenvalue weighted by atomic mass is 15.1. The van der Waals surface area contributed by atoms with Gasteiger partial charge in [-0.15, -0.1) is 0 Å². The molecule has 1 saturated heterocycles. The summed E-state index contributed by atoms with van der Waals surface area (Å²) in [4.78, 5) is 7.00. The molecule has 100 valence electrons. The number of rotatable bonds is 6. The molecule has 3 nitrogen and oxygen atoms in total. The lowest BCUT2D eigenvalue weighted by Gasteiger charge is -2.18. The van der Waals surface area contributed by atoms with E-state index in [1.807, 2.05) is 12.3 Å². The van der Waals surface area contributed by atoms with Crippen molar-refractivity contribution in [3.05, 3.63) is 23.9 Å². The standard InChI is InChI=1S/C15H25N3/c1-3-6-13-8-10-18(11-13)12-14-7-5-9-17-15(14)16-4-2/h5,7,9,13H,3-4,6,8,10-12H2,1-2H3,(H,16,17). The molecule has 3 heteroatoms. The van der Waals surface area contributed by atoms with Crippen LogP contribution in [0.25, 0.3) is 0 Å². The third-order valence-corrected chi connectivity index (χ3v) is 3.70. The third kappa shape index (κ3) is 3.45. The molecule has 1 fully saturated rings. The molecule has 0 aromatic carbocycles. The average molecular weight is 247 g/mol. The predicted molar refractivity (Wildman–Crippen MR) is 76.7 cm³/mol. The molecule has 0 bridgehead atoms. The van der Waals surface area contributed by atoms with E-state index < -0.39 is 0 Å². The topological polar surface area (TPSA) is 28.2 Å². The van der Waals surface area contributed by atoms with Gasteiger partial charge in [-0.2, -0.15) is 0 Å². The van der Waals surface area contributed by atoms with Crippen molar-refractivity contribution in [2.24, 2.45) is 5.92 Å². The number of anilines is 1. The lowest BCUT2D eigenvalue weighted by Crippen LogP contribution is -2.21. The highest BCUT2D eigenvalue weighted by molar-refractivity contribution is 5.43. The molecule has 1 N–H and O–H groups in total. The van der Waals surface area contributed by atoms with E-state index in [0.29, 0.717) is 0 Å². The Balaban J connectivity index is 1.93. The van der Waals surface area contributed by atoms with Crippen molar-refractivity contribution in [1.82, 2.24) is 9.88 Å². The maximum Gasteiger partial charge on any atom is 0.130 e. The van der Waals surface area contributed by atoms with Crippen LogP contribution in [-0.4, -0.2) is 29.5 Å². The molecule has 1 aliphatic rings. The maximum atomic E-state index is 4.43. The van der Waals surface area contributed by atoms with E-state index in [4.69, 9.17) is 0 Å². The Morgan fingerprint density at radius 1 is 1.44 bits per heavy atom. The fourth-order valence-corrected chi connectivity index (χ4v) is 2.83. The van der Waals surface area contributed by atoms with Gasteiger partial charge in [-0.3, -0.25) is 4.90 Å². The van der Waals surface area contributed by atoms with Gasteiger partial charge < -0.3 is 5.32 Å². The Morgan fingerprint density at radius 3 is 3.11 bits per heavy atom. The summed E-state index contributed by atoms with van der Waals surface area (Å²) in [6.45, 7) is 8.87. The summed E-state index contributed by atoms with van der Waals surface area (Å²) in [5, 5.41) is 3.35. The van der Waals surface area contributed by atoms with Gasteiger partial charge in [0.15, 0.2) is 0 Å². The summed E-state index contributed by atoms with van der Waals surface area (Å²) in [7, 11) is 0. The van der Waals surface area contributed by atoms with Crippen molar-refractivity contribution in [1.29, 1.82) is 0 Å². The molecule has 2 heterocycles. The molecular weight excluding hydrogens is 222 g/mol. The molecule has 1 unspecified atom stereocenters. The first-order valence-corrected chi connectivity index (χ1v) is 7.23. The van der Waals surface area contributed by atoms with Crippen LogP contribution in [-0.2, 0) is 6.54 Å². The van der Waals surface area contributed by atoms with Crippen LogP contribution in [0.3, 0.4) is 0 Å². The van der Waals surface area contributed by atoms with Gasteiger partial charge in [0.25, 0.3) is 0 Å². The van der Waals surface area contributed by atoms with Gasteiger partial charge in [0.2, 0.25) is 0 Å². The van der Waals surface area contributed by atoms with E-state index in [1.54, 1.807) is 0 Å². The van der Waals surface area contributed by atoms with Crippen LogP contribution < -0.4 is 5.32 Å². The first-order chi connectivity index (χ1) is 8.83. The van der Waals surface area contributed by atoms with Gasteiger partial charge >= 0.3 is 0 Å². The maximum absolute atomic E-state index is 4.43. The molecule has 2 rings (SSSR count). The lowest BCUT2D eigenvalue weighted by molar-refractivity contribution is 0.313. The lowest BCUT2D eigenvalue weighted by atomic mass is 10.0. The largest absolute Gasteiger partial charge is 0.370 e. The first kappa shape index (κ1) is 13.3. The van der Waals surface area contributed by atoms with E-state index in [9.17, 15) is 0 Å². The summed E-state index contributed by atoms with van der Waals surface area (Å²) in [5.41, 5.74) is 1.33. The van der Waals surface area contributed by atoms with Crippen LogP contribution in [0.1, 0.15) is 38.7 Å². The fourth-order valence-electron chi connectivity index (χ4n) is 2.83. The molecule has 18 heavy (non-hydrogen) atoms. The summed E-state index contributed by atoms with van der Waals surface area (Å²) in [6.07, 6.45) is 5.92. The van der Waals surface area contributed by atoms with E-state index in [1.165, 1.54) is 37.9 Å². The normalized spacial score (nSPS) is 20.2. The first-order valence-electron chi connectivity index (χ1n) is 7.23. The summed E-state index contributed by atoms with van der Waals surface area (Å²) in [6, 6.07) is 4.23. The van der Waals surface area contributed by atoms with E-state index in [0.717, 1.165) is 24.8 Å². The highest BCUT2D eigenvalue weighted by Gasteiger charge is 2.22. The minimum Gasteiger partial charge on any atom is -0.370 e. The van der Waals surface area contributed by atoms with Crippen LogP contribution in [0.4, 0.5) is 5.82 Å². The van der Waals surface area contributed by atoms with Crippen molar-refractivity contribution in [3.63, 3.8) is 0 Å². The zero-order valence-electron chi connectivity index (χ0n) is 11.7. The van der Waals surface area contributed by atoms with Gasteiger partial charge in [0.1, 0.15) is 5.82 Å². The van der Waals surface area contributed by atoms with Gasteiger partial charge in [-0.25, -0.2) is 4.98 Å². The van der Waals surface area contributed by atoms with Crippen LogP contribution >= 0.6 is 0 Å². The molecule has 0 spiro atoms. The number of hydrogen-bond donors (Lipinski definition) is 1.